The van der Waals surface area contributed by atoms with Crippen molar-refractivity contribution in [1.82, 2.24) is 44.9 Å². The van der Waals surface area contributed by atoms with Gasteiger partial charge in [-0.25, -0.2) is 79.7 Å². The van der Waals surface area contributed by atoms with Gasteiger partial charge in [0.1, 0.15) is 23.3 Å². The molecule has 0 N–H and O–H groups in total. The van der Waals surface area contributed by atoms with Crippen LogP contribution in [0.2, 0.25) is 0 Å². The van der Waals surface area contributed by atoms with Crippen LogP contribution >= 0.6 is 0 Å². The fraction of sp³-hybridized carbons (Fsp3) is 0.200. The molecule has 0 amide bonds. The number of allylic oxidation sites excluding steroid dienone is 2. The monoisotopic (exact) mass is 630 g/mol. The van der Waals surface area contributed by atoms with E-state index in [0.717, 1.165) is 0 Å². The number of aromatic nitrogens is 9. The maximum Gasteiger partial charge on any atom is 0.274 e. The average molecular weight is 631 g/mol. The third-order valence-corrected chi connectivity index (χ3v) is 7.37. The Morgan fingerprint density at radius 3 is 0.979 bits per heavy atom. The molecule has 0 atom stereocenters. The summed E-state index contributed by atoms with van der Waals surface area (Å²) in [4.78, 5) is 69.8. The second kappa shape index (κ2) is 11.0. The molecular weight excluding hydrogens is 612 g/mol. The van der Waals surface area contributed by atoms with Gasteiger partial charge >= 0.3 is 0 Å². The quantitative estimate of drug-likeness (QED) is 0.194. The molecule has 0 spiro atoms. The summed E-state index contributed by atoms with van der Waals surface area (Å²) in [6.07, 6.45) is 0. The van der Waals surface area contributed by atoms with Crippen LogP contribution in [0, 0.1) is 70.8 Å². The lowest BCUT2D eigenvalue weighted by Gasteiger charge is -2.07. The Hall–Kier alpha value is -7.26. The number of hydrogen-bond acceptors (Lipinski definition) is 17. The van der Waals surface area contributed by atoms with Gasteiger partial charge in [-0.15, -0.1) is 0 Å². The van der Waals surface area contributed by atoms with Crippen LogP contribution in [0.25, 0.3) is 21.7 Å². The SMILES string of the molecule is [C-]#[N+]C(=C1N=c2nc(C)c(C)nc2=N1)c1nc(C(C#N)=C2N=c3nc(C)c(C)nc3=N2)nc(C(C#N)=C2N=c3nc(C)c(C)nc3=N2)n1. The van der Waals surface area contributed by atoms with Gasteiger partial charge in [-0.05, 0) is 41.5 Å². The first-order valence-corrected chi connectivity index (χ1v) is 14.1. The number of aryl methyl sites for hydroxylation is 6. The molecule has 7 heterocycles. The van der Waals surface area contributed by atoms with Crippen molar-refractivity contribution >= 4 is 16.8 Å². The Bertz CT molecular complexity index is 2380. The van der Waals surface area contributed by atoms with Gasteiger partial charge in [0.15, 0.2) is 67.9 Å². The molecule has 0 aromatic carbocycles. The summed E-state index contributed by atoms with van der Waals surface area (Å²) in [5.74, 6) is -0.913. The summed E-state index contributed by atoms with van der Waals surface area (Å²) in [6.45, 7) is 18.7. The summed E-state index contributed by atoms with van der Waals surface area (Å²) in [7, 11) is 0. The first-order chi connectivity index (χ1) is 23.1. The molecule has 0 radical (unpaired) electrons. The molecule has 0 saturated heterocycles. The van der Waals surface area contributed by atoms with Crippen LogP contribution in [-0.2, 0) is 0 Å². The van der Waals surface area contributed by atoms with Crippen molar-refractivity contribution in [3.05, 3.63) is 113 Å². The van der Waals surface area contributed by atoms with Crippen molar-refractivity contribution in [2.45, 2.75) is 41.5 Å². The zero-order valence-electron chi connectivity index (χ0n) is 26.0. The van der Waals surface area contributed by atoms with E-state index in [4.69, 9.17) is 6.57 Å². The minimum atomic E-state index is -0.243. The standard InChI is InChI=1S/C30H18N18/c1-10-11(2)35-26-25(34-10)43-21(44-26)16(8-31)19-40-20(17(9-32)22-45-27-28(46-22)37-13(4)12(3)36-27)42-23(41-19)18(33-7)24-47-29-30(48-24)39-15(6)14(5)38-29/h1-6H3. The van der Waals surface area contributed by atoms with Gasteiger partial charge in [0.2, 0.25) is 0 Å². The molecule has 3 aliphatic rings. The highest BCUT2D eigenvalue weighted by molar-refractivity contribution is 5.80. The van der Waals surface area contributed by atoms with E-state index < -0.39 is 0 Å². The minimum Gasteiger partial charge on any atom is -0.230 e. The van der Waals surface area contributed by atoms with E-state index in [1.54, 1.807) is 41.5 Å². The highest BCUT2D eigenvalue weighted by Crippen LogP contribution is 2.26. The molecule has 0 saturated carbocycles. The van der Waals surface area contributed by atoms with Crippen LogP contribution in [0.1, 0.15) is 51.6 Å². The lowest BCUT2D eigenvalue weighted by atomic mass is 10.2. The Balaban J connectivity index is 1.50. The molecule has 18 heteroatoms. The molecule has 0 aliphatic carbocycles. The molecule has 18 nitrogen and oxygen atoms in total. The van der Waals surface area contributed by atoms with Crippen LogP contribution < -0.4 is 32.9 Å². The second-order valence-corrected chi connectivity index (χ2v) is 10.5. The van der Waals surface area contributed by atoms with Gasteiger partial charge in [0.05, 0.1) is 40.7 Å². The van der Waals surface area contributed by atoms with E-state index in [2.05, 4.69) is 79.7 Å². The molecule has 0 unspecified atom stereocenters. The van der Waals surface area contributed by atoms with Crippen molar-refractivity contribution in [2.75, 3.05) is 0 Å². The second-order valence-electron chi connectivity index (χ2n) is 10.5. The van der Waals surface area contributed by atoms with Crippen LogP contribution in [0.3, 0.4) is 0 Å². The van der Waals surface area contributed by atoms with E-state index in [-0.39, 0.29) is 84.7 Å². The Labute approximate surface area is 269 Å². The third kappa shape index (κ3) is 4.84. The fourth-order valence-corrected chi connectivity index (χ4v) is 4.50. The number of fused-ring (bicyclic) bond motifs is 3. The maximum atomic E-state index is 10.3. The number of nitriles is 2. The van der Waals surface area contributed by atoms with E-state index in [1.807, 2.05) is 12.1 Å². The Morgan fingerprint density at radius 1 is 0.438 bits per heavy atom. The lowest BCUT2D eigenvalue weighted by Crippen LogP contribution is -2.30. The van der Waals surface area contributed by atoms with Crippen LogP contribution in [0.5, 0.6) is 0 Å². The largest absolute Gasteiger partial charge is 0.274 e. The smallest absolute Gasteiger partial charge is 0.230 e. The van der Waals surface area contributed by atoms with Gasteiger partial charge < -0.3 is 0 Å². The number of nitrogens with zero attached hydrogens (tertiary/aromatic N) is 18. The van der Waals surface area contributed by atoms with Gasteiger partial charge in [-0.2, -0.15) is 10.5 Å². The molecule has 228 valence electrons. The topological polar surface area (TPSA) is 242 Å². The molecule has 0 fully saturated rings. The van der Waals surface area contributed by atoms with E-state index in [1.165, 1.54) is 0 Å². The lowest BCUT2D eigenvalue weighted by molar-refractivity contribution is 0.947. The van der Waals surface area contributed by atoms with Crippen molar-refractivity contribution in [2.24, 2.45) is 30.0 Å². The van der Waals surface area contributed by atoms with Gasteiger partial charge in [-0.1, -0.05) is 0 Å². The van der Waals surface area contributed by atoms with Gasteiger partial charge in [0, 0.05) is 0 Å². The van der Waals surface area contributed by atoms with Crippen molar-refractivity contribution in [3.63, 3.8) is 0 Å². The Morgan fingerprint density at radius 2 is 0.708 bits per heavy atom. The van der Waals surface area contributed by atoms with Crippen LogP contribution in [0.4, 0.5) is 0 Å². The molecule has 4 aromatic rings. The molecule has 0 bridgehead atoms. The van der Waals surface area contributed by atoms with Crippen molar-refractivity contribution in [3.8, 4) is 12.1 Å². The predicted molar refractivity (Wildman–Crippen MR) is 160 cm³/mol. The highest BCUT2D eigenvalue weighted by atomic mass is 15.1. The minimum absolute atomic E-state index is 0.0607. The first-order valence-electron chi connectivity index (χ1n) is 14.1. The molecular formula is C30H18N18. The highest BCUT2D eigenvalue weighted by Gasteiger charge is 2.26. The maximum absolute atomic E-state index is 10.3. The van der Waals surface area contributed by atoms with Crippen LogP contribution in [0.15, 0.2) is 47.4 Å². The normalized spacial score (nSPS) is 13.2. The van der Waals surface area contributed by atoms with E-state index in [9.17, 15) is 10.5 Å². The zero-order valence-corrected chi connectivity index (χ0v) is 26.0. The van der Waals surface area contributed by atoms with Crippen molar-refractivity contribution in [1.29, 1.82) is 10.5 Å². The van der Waals surface area contributed by atoms with Gasteiger partial charge in [0.25, 0.3) is 5.70 Å². The fourth-order valence-electron chi connectivity index (χ4n) is 4.50. The number of hydrogen-bond donors (Lipinski definition) is 0. The first kappa shape index (κ1) is 29.5. The number of rotatable bonds is 3. The van der Waals surface area contributed by atoms with E-state index >= 15 is 0 Å². The van der Waals surface area contributed by atoms with Gasteiger partial charge in [-0.3, -0.25) is 0 Å². The summed E-state index contributed by atoms with van der Waals surface area (Å²) >= 11 is 0. The zero-order chi connectivity index (χ0) is 33.9. The summed E-state index contributed by atoms with van der Waals surface area (Å²) < 4.78 is 0. The third-order valence-electron chi connectivity index (χ3n) is 7.37. The molecule has 7 rings (SSSR count). The van der Waals surface area contributed by atoms with E-state index in [0.29, 0.717) is 34.2 Å². The molecule has 3 aliphatic heterocycles. The van der Waals surface area contributed by atoms with Crippen molar-refractivity contribution < 1.29 is 0 Å². The molecule has 4 aromatic heterocycles. The summed E-state index contributed by atoms with van der Waals surface area (Å²) in [6, 6.07) is 4.09. The summed E-state index contributed by atoms with van der Waals surface area (Å²) in [5, 5.41) is 20.7. The summed E-state index contributed by atoms with van der Waals surface area (Å²) in [5.41, 5.74) is 4.63. The average Bonchev–Trinajstić information content (AvgIpc) is 3.76. The van der Waals surface area contributed by atoms with Crippen LogP contribution in [-0.4, -0.2) is 44.9 Å². The molecule has 48 heavy (non-hydrogen) atoms. The Kier molecular flexibility index (Phi) is 6.73. The predicted octanol–water partition coefficient (Wildman–Crippen LogP) is -1.12.